The van der Waals surface area contributed by atoms with Gasteiger partial charge in [0, 0.05) is 29.4 Å². The van der Waals surface area contributed by atoms with Gasteiger partial charge in [-0.3, -0.25) is 0 Å². The fourth-order valence-corrected chi connectivity index (χ4v) is 4.05. The van der Waals surface area contributed by atoms with E-state index in [0.717, 1.165) is 29.7 Å². The van der Waals surface area contributed by atoms with Gasteiger partial charge in [-0.15, -0.1) is 0 Å². The van der Waals surface area contributed by atoms with Crippen LogP contribution < -0.4 is 14.8 Å². The average Bonchev–Trinajstić information content (AvgIpc) is 2.83. The van der Waals surface area contributed by atoms with E-state index in [-0.39, 0.29) is 29.5 Å². The second-order valence-corrected chi connectivity index (χ2v) is 10.7. The highest BCUT2D eigenvalue weighted by molar-refractivity contribution is 5.68. The van der Waals surface area contributed by atoms with Gasteiger partial charge in [-0.1, -0.05) is 44.7 Å². The van der Waals surface area contributed by atoms with Gasteiger partial charge < -0.3 is 24.4 Å². The number of nitrogens with zero attached hydrogens (tertiary/aromatic N) is 3. The summed E-state index contributed by atoms with van der Waals surface area (Å²) in [6, 6.07) is 19.3. The number of aromatic nitrogens is 2. The third-order valence-corrected chi connectivity index (χ3v) is 6.23. The van der Waals surface area contributed by atoms with Gasteiger partial charge in [0.1, 0.15) is 23.2 Å². The van der Waals surface area contributed by atoms with Gasteiger partial charge in [0.05, 0.1) is 0 Å². The molecule has 0 radical (unpaired) electrons. The van der Waals surface area contributed by atoms with Crippen LogP contribution in [0.1, 0.15) is 58.6 Å². The Kier molecular flexibility index (Phi) is 7.35. The lowest BCUT2D eigenvalue weighted by atomic mass is 9.78. The maximum absolute atomic E-state index is 11.9. The fraction of sp³-hybridized carbons (Fsp3) is 0.379. The van der Waals surface area contributed by atoms with E-state index in [1.807, 2.05) is 57.2 Å². The Morgan fingerprint density at radius 3 is 2.00 bits per heavy atom. The third kappa shape index (κ3) is 6.76. The maximum atomic E-state index is 11.9. The van der Waals surface area contributed by atoms with Gasteiger partial charge >= 0.3 is 6.09 Å². The summed E-state index contributed by atoms with van der Waals surface area (Å²) < 4.78 is 17.1. The Hall–Kier alpha value is -4.12. The summed E-state index contributed by atoms with van der Waals surface area (Å²) in [4.78, 5) is 15.1. The van der Waals surface area contributed by atoms with Crippen LogP contribution in [-0.4, -0.2) is 34.0 Å². The molecule has 8 heteroatoms. The van der Waals surface area contributed by atoms with E-state index < -0.39 is 5.60 Å². The number of rotatable bonds is 7. The molecule has 1 N–H and O–H groups in total. The van der Waals surface area contributed by atoms with Crippen LogP contribution >= 0.6 is 0 Å². The first-order chi connectivity index (χ1) is 17.5. The van der Waals surface area contributed by atoms with Crippen LogP contribution in [0, 0.1) is 6.57 Å². The van der Waals surface area contributed by atoms with E-state index in [1.165, 1.54) is 0 Å². The predicted octanol–water partition coefficient (Wildman–Crippen LogP) is 6.58. The average molecular weight is 501 g/mol. The summed E-state index contributed by atoms with van der Waals surface area (Å²) >= 11 is 0. The van der Waals surface area contributed by atoms with Crippen LogP contribution in [0.4, 0.5) is 10.6 Å². The summed E-state index contributed by atoms with van der Waals surface area (Å²) in [5, 5.41) is 10.6. The van der Waals surface area contributed by atoms with Gasteiger partial charge in [0.25, 0.3) is 11.7 Å². The van der Waals surface area contributed by atoms with Crippen LogP contribution in [0.15, 0.2) is 60.7 Å². The SMILES string of the molecule is [C-]#[N+]c1ccc(Oc2ccc(C(C)(C)c3ccc(OC4CC(NC(=O)OC(C)(C)C)C4)cc3)cc2)nn1. The Balaban J connectivity index is 1.30. The second-order valence-electron chi connectivity index (χ2n) is 10.7. The van der Waals surface area contributed by atoms with Crippen molar-refractivity contribution >= 4 is 11.9 Å². The number of alkyl carbamates (subject to hydrolysis) is 1. The summed E-state index contributed by atoms with van der Waals surface area (Å²) in [7, 11) is 0. The highest BCUT2D eigenvalue weighted by atomic mass is 16.6. The first-order valence-electron chi connectivity index (χ1n) is 12.3. The van der Waals surface area contributed by atoms with E-state index in [9.17, 15) is 4.79 Å². The number of amides is 1. The lowest BCUT2D eigenvalue weighted by Gasteiger charge is -2.36. The molecular weight excluding hydrogens is 468 g/mol. The molecule has 1 fully saturated rings. The number of hydrogen-bond donors (Lipinski definition) is 1. The van der Waals surface area contributed by atoms with Crippen LogP contribution in [0.25, 0.3) is 4.85 Å². The summed E-state index contributed by atoms with van der Waals surface area (Å²) in [6.07, 6.45) is 1.21. The molecule has 8 nitrogen and oxygen atoms in total. The van der Waals surface area contributed by atoms with Gasteiger partial charge in [-0.2, -0.15) is 0 Å². The van der Waals surface area contributed by atoms with E-state index in [1.54, 1.807) is 12.1 Å². The van der Waals surface area contributed by atoms with Crippen molar-refractivity contribution in [3.8, 4) is 17.4 Å². The molecule has 1 aromatic heterocycles. The van der Waals surface area contributed by atoms with E-state index in [0.29, 0.717) is 11.6 Å². The largest absolute Gasteiger partial charge is 0.490 e. The van der Waals surface area contributed by atoms with Crippen molar-refractivity contribution in [3.63, 3.8) is 0 Å². The number of carbonyl (C=O) groups is 1. The topological polar surface area (TPSA) is 86.9 Å². The number of nitrogens with one attached hydrogen (secondary N) is 1. The van der Waals surface area contributed by atoms with E-state index >= 15 is 0 Å². The summed E-state index contributed by atoms with van der Waals surface area (Å²) in [5.41, 5.74) is 1.56. The molecule has 1 aliphatic rings. The Labute approximate surface area is 217 Å². The lowest BCUT2D eigenvalue weighted by molar-refractivity contribution is 0.0363. The van der Waals surface area contributed by atoms with Crippen molar-refractivity contribution in [2.24, 2.45) is 0 Å². The Morgan fingerprint density at radius 2 is 1.49 bits per heavy atom. The second kappa shape index (κ2) is 10.5. The highest BCUT2D eigenvalue weighted by Crippen LogP contribution is 2.35. The van der Waals surface area contributed by atoms with E-state index in [4.69, 9.17) is 20.8 Å². The van der Waals surface area contributed by atoms with Crippen molar-refractivity contribution in [3.05, 3.63) is 83.2 Å². The fourth-order valence-electron chi connectivity index (χ4n) is 4.05. The van der Waals surface area contributed by atoms with Crippen molar-refractivity contribution in [1.29, 1.82) is 0 Å². The molecule has 0 aliphatic heterocycles. The number of benzene rings is 2. The molecule has 4 rings (SSSR count). The first kappa shape index (κ1) is 26.0. The smallest absolute Gasteiger partial charge is 0.407 e. The predicted molar refractivity (Wildman–Crippen MR) is 140 cm³/mol. The molecule has 2 aromatic carbocycles. The number of carbonyl (C=O) groups excluding carboxylic acids is 1. The van der Waals surface area contributed by atoms with E-state index in [2.05, 4.69) is 46.3 Å². The van der Waals surface area contributed by atoms with Crippen molar-refractivity contribution in [2.45, 2.75) is 70.6 Å². The zero-order valence-corrected chi connectivity index (χ0v) is 21.8. The molecule has 0 atom stereocenters. The van der Waals surface area contributed by atoms with Crippen LogP contribution in [0.2, 0.25) is 0 Å². The molecule has 0 bridgehead atoms. The van der Waals surface area contributed by atoms with Crippen molar-refractivity contribution in [1.82, 2.24) is 15.5 Å². The minimum Gasteiger partial charge on any atom is -0.490 e. The van der Waals surface area contributed by atoms with Crippen LogP contribution in [0.5, 0.6) is 17.4 Å². The van der Waals surface area contributed by atoms with Gasteiger partial charge in [0.15, 0.2) is 0 Å². The number of ether oxygens (including phenoxy) is 3. The third-order valence-electron chi connectivity index (χ3n) is 6.23. The Bertz CT molecular complexity index is 1250. The molecule has 3 aromatic rings. The standard InChI is InChI=1S/C29H32N4O4/c1-28(2,3)37-27(34)31-21-17-24(18-21)35-22-11-7-19(8-12-22)29(4,5)20-9-13-23(14-10-20)36-26-16-15-25(30-6)32-33-26/h7-16,21,24H,17-18H2,1-5H3,(H,31,34). The zero-order valence-electron chi connectivity index (χ0n) is 21.8. The molecule has 0 unspecified atom stereocenters. The van der Waals surface area contributed by atoms with Crippen molar-refractivity contribution < 1.29 is 19.0 Å². The zero-order chi connectivity index (χ0) is 26.6. The molecule has 1 amide bonds. The van der Waals surface area contributed by atoms with Gasteiger partial charge in [-0.25, -0.2) is 4.79 Å². The Morgan fingerprint density at radius 1 is 0.892 bits per heavy atom. The molecule has 0 spiro atoms. The summed E-state index contributed by atoms with van der Waals surface area (Å²) in [6.45, 7) is 16.8. The van der Waals surface area contributed by atoms with Gasteiger partial charge in [-0.05, 0) is 73.4 Å². The minimum absolute atomic E-state index is 0.0774. The number of hydrogen-bond acceptors (Lipinski definition) is 6. The first-order valence-corrected chi connectivity index (χ1v) is 12.3. The van der Waals surface area contributed by atoms with Crippen LogP contribution in [0.3, 0.4) is 0 Å². The molecule has 1 saturated carbocycles. The monoisotopic (exact) mass is 500 g/mol. The molecular formula is C29H32N4O4. The molecule has 0 saturated heterocycles. The maximum Gasteiger partial charge on any atom is 0.407 e. The molecule has 37 heavy (non-hydrogen) atoms. The lowest BCUT2D eigenvalue weighted by Crippen LogP contribution is -2.50. The van der Waals surface area contributed by atoms with Crippen molar-refractivity contribution in [2.75, 3.05) is 0 Å². The normalized spacial score (nSPS) is 17.2. The molecule has 192 valence electrons. The molecule has 1 heterocycles. The highest BCUT2D eigenvalue weighted by Gasteiger charge is 2.33. The quantitative estimate of drug-likeness (QED) is 0.369. The minimum atomic E-state index is -0.503. The van der Waals surface area contributed by atoms with Crippen LogP contribution in [-0.2, 0) is 10.2 Å². The molecule has 1 aliphatic carbocycles. The summed E-state index contributed by atoms with van der Waals surface area (Å²) in [5.74, 6) is 2.03. The van der Waals surface area contributed by atoms with Gasteiger partial charge in [0.2, 0.25) is 0 Å².